The summed E-state index contributed by atoms with van der Waals surface area (Å²) in [6, 6.07) is 11.0. The molecular formula is C23H20F3NO3S2. The van der Waals surface area contributed by atoms with Crippen molar-refractivity contribution in [1.29, 1.82) is 0 Å². The van der Waals surface area contributed by atoms with E-state index in [1.54, 1.807) is 11.8 Å². The Labute approximate surface area is 191 Å². The van der Waals surface area contributed by atoms with Crippen LogP contribution < -0.4 is 4.74 Å². The SMILES string of the molecule is Cc1nc(-c2ccc(C(F)(F)F)cc2)sc1CSc1ccc2c(c1)CC[C@@H](CC(=O)O)O2. The third kappa shape index (κ3) is 5.27. The van der Waals surface area contributed by atoms with E-state index in [1.165, 1.54) is 23.5 Å². The standard InChI is InChI=1S/C23H20F3NO3S2/c1-13-20(32-22(27-13)14-2-5-16(6-3-14)23(24,25)26)12-31-18-8-9-19-15(10-18)4-7-17(30-19)11-21(28)29/h2-3,5-6,8-10,17H,4,7,11-12H2,1H3,(H,28,29)/t17-/m0/s1. The second kappa shape index (κ2) is 9.15. The number of carboxylic acids is 1. The van der Waals surface area contributed by atoms with Crippen LogP contribution in [0, 0.1) is 6.92 Å². The van der Waals surface area contributed by atoms with Gasteiger partial charge in [-0.15, -0.1) is 23.1 Å². The number of rotatable bonds is 6. The minimum Gasteiger partial charge on any atom is -0.490 e. The van der Waals surface area contributed by atoms with Gasteiger partial charge in [-0.1, -0.05) is 12.1 Å². The number of halogens is 3. The molecule has 1 aromatic heterocycles. The number of benzene rings is 2. The van der Waals surface area contributed by atoms with Crippen molar-refractivity contribution in [3.63, 3.8) is 0 Å². The Balaban J connectivity index is 1.42. The molecule has 32 heavy (non-hydrogen) atoms. The lowest BCUT2D eigenvalue weighted by molar-refractivity contribution is -0.139. The van der Waals surface area contributed by atoms with E-state index < -0.39 is 17.7 Å². The van der Waals surface area contributed by atoms with Gasteiger partial charge in [0.05, 0.1) is 17.7 Å². The van der Waals surface area contributed by atoms with Crippen molar-refractivity contribution in [1.82, 2.24) is 4.98 Å². The first kappa shape index (κ1) is 22.7. The Morgan fingerprint density at radius 2 is 2.00 bits per heavy atom. The fraction of sp³-hybridized carbons (Fsp3) is 0.304. The number of nitrogens with zero attached hydrogens (tertiary/aromatic N) is 1. The molecule has 0 unspecified atom stereocenters. The zero-order valence-electron chi connectivity index (χ0n) is 17.1. The molecule has 0 aliphatic carbocycles. The van der Waals surface area contributed by atoms with Crippen LogP contribution in [0.4, 0.5) is 13.2 Å². The Morgan fingerprint density at radius 3 is 2.69 bits per heavy atom. The maximum atomic E-state index is 12.8. The van der Waals surface area contributed by atoms with Crippen LogP contribution in [0.25, 0.3) is 10.6 Å². The second-order valence-electron chi connectivity index (χ2n) is 7.54. The van der Waals surface area contributed by atoms with E-state index in [0.29, 0.717) is 22.7 Å². The summed E-state index contributed by atoms with van der Waals surface area (Å²) in [7, 11) is 0. The van der Waals surface area contributed by atoms with Crippen LogP contribution in [0.3, 0.4) is 0 Å². The first-order valence-electron chi connectivity index (χ1n) is 9.97. The maximum absolute atomic E-state index is 12.8. The minimum absolute atomic E-state index is 0.00185. The summed E-state index contributed by atoms with van der Waals surface area (Å²) in [5.41, 5.74) is 1.94. The van der Waals surface area contributed by atoms with Crippen LogP contribution >= 0.6 is 23.1 Å². The molecule has 0 radical (unpaired) electrons. The largest absolute Gasteiger partial charge is 0.490 e. The molecule has 0 amide bonds. The van der Waals surface area contributed by atoms with E-state index in [0.717, 1.165) is 45.3 Å². The van der Waals surface area contributed by atoms with E-state index in [-0.39, 0.29) is 12.5 Å². The summed E-state index contributed by atoms with van der Waals surface area (Å²) < 4.78 is 44.1. The predicted octanol–water partition coefficient (Wildman–Crippen LogP) is 6.60. The average molecular weight is 480 g/mol. The number of aryl methyl sites for hydroxylation is 2. The summed E-state index contributed by atoms with van der Waals surface area (Å²) in [5, 5.41) is 9.65. The van der Waals surface area contributed by atoms with Crippen LogP contribution in [-0.2, 0) is 23.1 Å². The predicted molar refractivity (Wildman–Crippen MR) is 118 cm³/mol. The second-order valence-corrected chi connectivity index (χ2v) is 9.67. The van der Waals surface area contributed by atoms with Crippen molar-refractivity contribution in [2.75, 3.05) is 0 Å². The number of thiazole rings is 1. The Morgan fingerprint density at radius 1 is 1.25 bits per heavy atom. The van der Waals surface area contributed by atoms with Crippen molar-refractivity contribution >= 4 is 29.1 Å². The highest BCUT2D eigenvalue weighted by Gasteiger charge is 2.30. The number of carboxylic acid groups (broad SMARTS) is 1. The van der Waals surface area contributed by atoms with E-state index in [4.69, 9.17) is 9.84 Å². The molecule has 0 spiro atoms. The number of aliphatic carboxylic acids is 1. The number of aromatic nitrogens is 1. The van der Waals surface area contributed by atoms with Crippen LogP contribution in [0.15, 0.2) is 47.4 Å². The smallest absolute Gasteiger partial charge is 0.416 e. The van der Waals surface area contributed by atoms with Gasteiger partial charge >= 0.3 is 12.1 Å². The minimum atomic E-state index is -4.35. The van der Waals surface area contributed by atoms with Gasteiger partial charge in [0.15, 0.2) is 0 Å². The number of alkyl halides is 3. The van der Waals surface area contributed by atoms with Gasteiger partial charge in [-0.05, 0) is 55.7 Å². The monoisotopic (exact) mass is 479 g/mol. The molecule has 0 saturated carbocycles. The van der Waals surface area contributed by atoms with Gasteiger partial charge in [0, 0.05) is 21.1 Å². The number of hydrogen-bond acceptors (Lipinski definition) is 5. The van der Waals surface area contributed by atoms with Crippen molar-refractivity contribution in [3.8, 4) is 16.3 Å². The summed E-state index contributed by atoms with van der Waals surface area (Å²) in [4.78, 5) is 17.6. The molecule has 2 heterocycles. The van der Waals surface area contributed by atoms with E-state index >= 15 is 0 Å². The molecule has 3 aromatic rings. The third-order valence-electron chi connectivity index (χ3n) is 5.19. The Hall–Kier alpha value is -2.52. The first-order chi connectivity index (χ1) is 15.2. The highest BCUT2D eigenvalue weighted by Crippen LogP contribution is 2.37. The van der Waals surface area contributed by atoms with E-state index in [9.17, 15) is 18.0 Å². The lowest BCUT2D eigenvalue weighted by Crippen LogP contribution is -2.25. The number of fused-ring (bicyclic) bond motifs is 1. The van der Waals surface area contributed by atoms with Gasteiger partial charge in [-0.2, -0.15) is 13.2 Å². The first-order valence-corrected chi connectivity index (χ1v) is 11.8. The molecule has 4 rings (SSSR count). The van der Waals surface area contributed by atoms with Crippen LogP contribution in [0.2, 0.25) is 0 Å². The zero-order valence-corrected chi connectivity index (χ0v) is 18.7. The molecule has 0 bridgehead atoms. The summed E-state index contributed by atoms with van der Waals surface area (Å²) in [6.45, 7) is 1.91. The maximum Gasteiger partial charge on any atom is 0.416 e. The quantitative estimate of drug-likeness (QED) is 0.404. The number of carbonyl (C=O) groups is 1. The number of thioether (sulfide) groups is 1. The van der Waals surface area contributed by atoms with Gasteiger partial charge in [0.2, 0.25) is 0 Å². The molecule has 0 saturated heterocycles. The topological polar surface area (TPSA) is 59.4 Å². The lowest BCUT2D eigenvalue weighted by Gasteiger charge is -2.25. The molecule has 168 valence electrons. The van der Waals surface area contributed by atoms with Gasteiger partial charge in [-0.25, -0.2) is 4.98 Å². The van der Waals surface area contributed by atoms with Crippen LogP contribution in [0.5, 0.6) is 5.75 Å². The fourth-order valence-electron chi connectivity index (χ4n) is 3.49. The van der Waals surface area contributed by atoms with E-state index in [1.807, 2.05) is 19.1 Å². The van der Waals surface area contributed by atoms with Crippen molar-refractivity contribution in [3.05, 3.63) is 64.2 Å². The molecule has 9 heteroatoms. The van der Waals surface area contributed by atoms with Gasteiger partial charge < -0.3 is 9.84 Å². The molecule has 4 nitrogen and oxygen atoms in total. The third-order valence-corrected chi connectivity index (χ3v) is 7.59. The molecule has 1 aliphatic rings. The average Bonchev–Trinajstić information content (AvgIpc) is 3.12. The molecular weight excluding hydrogens is 459 g/mol. The van der Waals surface area contributed by atoms with Crippen molar-refractivity contribution in [2.24, 2.45) is 0 Å². The molecule has 0 fully saturated rings. The lowest BCUT2D eigenvalue weighted by atomic mass is 10.0. The highest BCUT2D eigenvalue weighted by atomic mass is 32.2. The number of ether oxygens (including phenoxy) is 1. The van der Waals surface area contributed by atoms with Crippen LogP contribution in [-0.4, -0.2) is 22.2 Å². The van der Waals surface area contributed by atoms with Gasteiger partial charge in [-0.3, -0.25) is 4.79 Å². The number of hydrogen-bond donors (Lipinski definition) is 1. The van der Waals surface area contributed by atoms with Crippen molar-refractivity contribution in [2.45, 2.75) is 49.1 Å². The Bertz CT molecular complexity index is 1130. The van der Waals surface area contributed by atoms with Crippen molar-refractivity contribution < 1.29 is 27.8 Å². The summed E-state index contributed by atoms with van der Waals surface area (Å²) in [6.07, 6.45) is -3.18. The van der Waals surface area contributed by atoms with Gasteiger partial charge in [0.25, 0.3) is 0 Å². The van der Waals surface area contributed by atoms with Crippen LogP contribution in [0.1, 0.15) is 34.5 Å². The summed E-state index contributed by atoms with van der Waals surface area (Å²) >= 11 is 3.14. The molecule has 1 aliphatic heterocycles. The Kier molecular flexibility index (Phi) is 6.48. The van der Waals surface area contributed by atoms with E-state index in [2.05, 4.69) is 11.1 Å². The molecule has 2 aromatic carbocycles. The zero-order chi connectivity index (χ0) is 22.9. The fourth-order valence-corrected chi connectivity index (χ4v) is 5.66. The molecule has 1 N–H and O–H groups in total. The summed E-state index contributed by atoms with van der Waals surface area (Å²) in [5.74, 6) is 0.581. The van der Waals surface area contributed by atoms with Gasteiger partial charge in [0.1, 0.15) is 16.9 Å². The molecule has 1 atom stereocenters. The highest BCUT2D eigenvalue weighted by molar-refractivity contribution is 7.98. The normalized spacial score (nSPS) is 15.8.